The van der Waals surface area contributed by atoms with Gasteiger partial charge in [-0.15, -0.1) is 10.2 Å². The van der Waals surface area contributed by atoms with Gasteiger partial charge in [-0.25, -0.2) is 0 Å². The second-order valence-corrected chi connectivity index (χ2v) is 6.07. The monoisotopic (exact) mass is 315 g/mol. The Kier molecular flexibility index (Phi) is 4.27. The Morgan fingerprint density at radius 1 is 1.14 bits per heavy atom. The Bertz CT molecular complexity index is 755. The molecule has 3 aromatic rings. The smallest absolute Gasteiger partial charge is 0.195 e. The fraction of sp³-hybridized carbons (Fsp3) is 0.125. The van der Waals surface area contributed by atoms with Crippen LogP contribution in [0.3, 0.4) is 0 Å². The van der Waals surface area contributed by atoms with Crippen molar-refractivity contribution in [1.82, 2.24) is 14.8 Å². The highest BCUT2D eigenvalue weighted by Crippen LogP contribution is 2.25. The number of hydrogen-bond acceptors (Lipinski definition) is 3. The largest absolute Gasteiger partial charge is 0.276 e. The van der Waals surface area contributed by atoms with Crippen LogP contribution < -0.4 is 0 Å². The van der Waals surface area contributed by atoms with Gasteiger partial charge in [0.25, 0.3) is 0 Å². The van der Waals surface area contributed by atoms with E-state index in [0.717, 1.165) is 21.6 Å². The van der Waals surface area contributed by atoms with Gasteiger partial charge in [-0.3, -0.25) is 4.57 Å². The van der Waals surface area contributed by atoms with E-state index in [1.807, 2.05) is 34.9 Å². The average molecular weight is 316 g/mol. The molecule has 0 fully saturated rings. The topological polar surface area (TPSA) is 30.7 Å². The first kappa shape index (κ1) is 14.2. The minimum atomic E-state index is 0.758. The lowest BCUT2D eigenvalue weighted by Gasteiger charge is -2.09. The van der Waals surface area contributed by atoms with E-state index in [1.54, 1.807) is 18.1 Å². The molecule has 0 spiro atoms. The van der Waals surface area contributed by atoms with Crippen molar-refractivity contribution < 1.29 is 0 Å². The number of thioether (sulfide) groups is 1. The molecule has 0 unspecified atom stereocenters. The lowest BCUT2D eigenvalue weighted by molar-refractivity contribution is 0.878. The summed E-state index contributed by atoms with van der Waals surface area (Å²) in [7, 11) is 0. The first-order valence-electron chi connectivity index (χ1n) is 6.57. The molecule has 106 valence electrons. The highest BCUT2D eigenvalue weighted by atomic mass is 35.5. The number of benzene rings is 2. The fourth-order valence-corrected chi connectivity index (χ4v) is 3.17. The van der Waals surface area contributed by atoms with Gasteiger partial charge in [0, 0.05) is 10.8 Å². The molecule has 0 bridgehead atoms. The minimum absolute atomic E-state index is 0.758. The normalized spacial score (nSPS) is 10.8. The molecule has 0 amide bonds. The summed E-state index contributed by atoms with van der Waals surface area (Å²) in [5.74, 6) is 0.811. The molecule has 0 N–H and O–H groups in total. The summed E-state index contributed by atoms with van der Waals surface area (Å²) < 4.78 is 2.02. The summed E-state index contributed by atoms with van der Waals surface area (Å²) in [5.41, 5.74) is 3.48. The number of nitrogens with zero attached hydrogens (tertiary/aromatic N) is 3. The van der Waals surface area contributed by atoms with Crippen LogP contribution in [-0.4, -0.2) is 14.8 Å². The number of halogens is 1. The third-order valence-electron chi connectivity index (χ3n) is 3.15. The number of aryl methyl sites for hydroxylation is 1. The third kappa shape index (κ3) is 3.28. The molecule has 0 aliphatic heterocycles. The highest BCUT2D eigenvalue weighted by molar-refractivity contribution is 7.98. The lowest BCUT2D eigenvalue weighted by atomic mass is 10.2. The summed E-state index contributed by atoms with van der Waals surface area (Å²) in [4.78, 5) is 0. The summed E-state index contributed by atoms with van der Waals surface area (Å²) in [6, 6.07) is 16.1. The first-order chi connectivity index (χ1) is 10.2. The molecule has 0 aliphatic rings. The van der Waals surface area contributed by atoms with Crippen molar-refractivity contribution in [3.63, 3.8) is 0 Å². The van der Waals surface area contributed by atoms with E-state index in [0.29, 0.717) is 0 Å². The van der Waals surface area contributed by atoms with E-state index in [4.69, 9.17) is 11.6 Å². The number of hydrogen-bond donors (Lipinski definition) is 0. The van der Waals surface area contributed by atoms with Crippen molar-refractivity contribution in [2.75, 3.05) is 0 Å². The van der Waals surface area contributed by atoms with Gasteiger partial charge in [0.2, 0.25) is 0 Å². The van der Waals surface area contributed by atoms with Crippen molar-refractivity contribution in [3.05, 3.63) is 71.0 Å². The van der Waals surface area contributed by atoms with Gasteiger partial charge >= 0.3 is 0 Å². The zero-order valence-corrected chi connectivity index (χ0v) is 13.1. The number of para-hydroxylation sites is 1. The molecule has 0 saturated carbocycles. The standard InChI is InChI=1S/C16H14ClN3S/c1-12-5-2-3-8-15(12)20-11-18-19-16(20)21-10-13-6-4-7-14(17)9-13/h2-9,11H,10H2,1H3. The highest BCUT2D eigenvalue weighted by Gasteiger charge is 2.09. The maximum atomic E-state index is 6.01. The van der Waals surface area contributed by atoms with Gasteiger partial charge < -0.3 is 0 Å². The molecule has 0 atom stereocenters. The molecule has 5 heteroatoms. The Morgan fingerprint density at radius 2 is 2.00 bits per heavy atom. The van der Waals surface area contributed by atoms with Crippen LogP contribution in [-0.2, 0) is 5.75 Å². The van der Waals surface area contributed by atoms with E-state index >= 15 is 0 Å². The molecule has 0 aliphatic carbocycles. The van der Waals surface area contributed by atoms with Crippen LogP contribution in [0.1, 0.15) is 11.1 Å². The summed E-state index contributed by atoms with van der Waals surface area (Å²) >= 11 is 7.66. The minimum Gasteiger partial charge on any atom is -0.276 e. The lowest BCUT2D eigenvalue weighted by Crippen LogP contribution is -1.97. The van der Waals surface area contributed by atoms with E-state index < -0.39 is 0 Å². The predicted molar refractivity (Wildman–Crippen MR) is 87.1 cm³/mol. The van der Waals surface area contributed by atoms with E-state index in [-0.39, 0.29) is 0 Å². The summed E-state index contributed by atoms with van der Waals surface area (Å²) in [6.07, 6.45) is 1.75. The summed E-state index contributed by atoms with van der Waals surface area (Å²) in [5, 5.41) is 9.89. The molecule has 3 nitrogen and oxygen atoms in total. The molecule has 21 heavy (non-hydrogen) atoms. The Morgan fingerprint density at radius 3 is 2.81 bits per heavy atom. The molecule has 3 rings (SSSR count). The quantitative estimate of drug-likeness (QED) is 0.663. The maximum Gasteiger partial charge on any atom is 0.195 e. The molecule has 1 aromatic heterocycles. The molecule has 0 radical (unpaired) electrons. The van der Waals surface area contributed by atoms with E-state index in [9.17, 15) is 0 Å². The van der Waals surface area contributed by atoms with Crippen molar-refractivity contribution >= 4 is 23.4 Å². The SMILES string of the molecule is Cc1ccccc1-n1cnnc1SCc1cccc(Cl)c1. The molecular formula is C16H14ClN3S. The zero-order chi connectivity index (χ0) is 14.7. The Balaban J connectivity index is 1.82. The Labute approximate surface area is 133 Å². The maximum absolute atomic E-state index is 6.01. The van der Waals surface area contributed by atoms with Crippen molar-refractivity contribution in [2.24, 2.45) is 0 Å². The first-order valence-corrected chi connectivity index (χ1v) is 7.93. The van der Waals surface area contributed by atoms with Crippen molar-refractivity contribution in [2.45, 2.75) is 17.8 Å². The third-order valence-corrected chi connectivity index (χ3v) is 4.40. The van der Waals surface area contributed by atoms with Gasteiger partial charge in [0.15, 0.2) is 5.16 Å². The molecule has 1 heterocycles. The fourth-order valence-electron chi connectivity index (χ4n) is 2.10. The van der Waals surface area contributed by atoms with Crippen molar-refractivity contribution in [1.29, 1.82) is 0 Å². The van der Waals surface area contributed by atoms with Crippen LogP contribution in [0.2, 0.25) is 5.02 Å². The Hall–Kier alpha value is -1.78. The van der Waals surface area contributed by atoms with E-state index in [1.165, 1.54) is 11.1 Å². The number of rotatable bonds is 4. The average Bonchev–Trinajstić information content (AvgIpc) is 2.94. The predicted octanol–water partition coefficient (Wildman–Crippen LogP) is 4.52. The van der Waals surface area contributed by atoms with Crippen LogP contribution >= 0.6 is 23.4 Å². The second kappa shape index (κ2) is 6.33. The molecular weight excluding hydrogens is 302 g/mol. The zero-order valence-electron chi connectivity index (χ0n) is 11.5. The summed E-state index contributed by atoms with van der Waals surface area (Å²) in [6.45, 7) is 2.08. The van der Waals surface area contributed by atoms with Gasteiger partial charge in [0.1, 0.15) is 6.33 Å². The second-order valence-electron chi connectivity index (χ2n) is 4.69. The van der Waals surface area contributed by atoms with Crippen LogP contribution in [0.15, 0.2) is 60.0 Å². The van der Waals surface area contributed by atoms with Gasteiger partial charge in [-0.05, 0) is 36.2 Å². The van der Waals surface area contributed by atoms with Crippen molar-refractivity contribution in [3.8, 4) is 5.69 Å². The van der Waals surface area contributed by atoms with Crippen LogP contribution in [0.5, 0.6) is 0 Å². The van der Waals surface area contributed by atoms with Gasteiger partial charge in [0.05, 0.1) is 5.69 Å². The number of aromatic nitrogens is 3. The van der Waals surface area contributed by atoms with Crippen LogP contribution in [0.25, 0.3) is 5.69 Å². The van der Waals surface area contributed by atoms with E-state index in [2.05, 4.69) is 35.3 Å². The van der Waals surface area contributed by atoms with Gasteiger partial charge in [-0.1, -0.05) is 53.7 Å². The molecule has 0 saturated heterocycles. The van der Waals surface area contributed by atoms with Crippen LogP contribution in [0.4, 0.5) is 0 Å². The van der Waals surface area contributed by atoms with Crippen LogP contribution in [0, 0.1) is 6.92 Å². The molecule has 2 aromatic carbocycles. The van der Waals surface area contributed by atoms with Gasteiger partial charge in [-0.2, -0.15) is 0 Å².